The van der Waals surface area contributed by atoms with Gasteiger partial charge < -0.3 is 10.6 Å². The van der Waals surface area contributed by atoms with Crippen LogP contribution in [0.5, 0.6) is 0 Å². The molecule has 162 valence electrons. The van der Waals surface area contributed by atoms with E-state index in [9.17, 15) is 15.4 Å². The van der Waals surface area contributed by atoms with Gasteiger partial charge in [-0.15, -0.1) is 0 Å². The van der Waals surface area contributed by atoms with Crippen LogP contribution in [0.4, 0.5) is 22.9 Å². The van der Waals surface area contributed by atoms with E-state index in [0.717, 1.165) is 39.6 Å². The number of nitrogens with one attached hydrogen (secondary N) is 2. The summed E-state index contributed by atoms with van der Waals surface area (Å²) in [5.41, 5.74) is 5.07. The maximum atomic E-state index is 11.5. The summed E-state index contributed by atoms with van der Waals surface area (Å²) in [6, 6.07) is 26.1. The number of benzene rings is 3. The Labute approximate surface area is 190 Å². The zero-order valence-corrected chi connectivity index (χ0v) is 17.6. The normalized spacial score (nSPS) is 14.1. The van der Waals surface area contributed by atoms with Gasteiger partial charge in [-0.1, -0.05) is 54.6 Å². The number of aromatic nitrogens is 2. The summed E-state index contributed by atoms with van der Waals surface area (Å²) < 4.78 is 1.81. The molecule has 1 unspecified atom stereocenters. The highest BCUT2D eigenvalue weighted by Crippen LogP contribution is 2.44. The molecule has 0 saturated heterocycles. The number of aryl methyl sites for hydroxylation is 1. The van der Waals surface area contributed by atoms with Gasteiger partial charge in [0.25, 0.3) is 5.69 Å². The summed E-state index contributed by atoms with van der Waals surface area (Å²) in [4.78, 5) is 11.1. The molecule has 0 bridgehead atoms. The lowest BCUT2D eigenvalue weighted by molar-refractivity contribution is -0.384. The van der Waals surface area contributed by atoms with Crippen molar-refractivity contribution >= 4 is 22.9 Å². The van der Waals surface area contributed by atoms with E-state index in [1.165, 1.54) is 6.07 Å². The summed E-state index contributed by atoms with van der Waals surface area (Å²) in [7, 11) is 0. The number of fused-ring (bicyclic) bond motifs is 2. The molecule has 1 aliphatic rings. The lowest BCUT2D eigenvalue weighted by atomic mass is 9.95. The van der Waals surface area contributed by atoms with Gasteiger partial charge in [0, 0.05) is 23.3 Å². The molecule has 2 N–H and O–H groups in total. The SMILES string of the molecule is N#CCCn1nc(-c2ccccc2)c2c1Nc1ccccc1NC2c1cccc([N+](=O)[O-])c1. The van der Waals surface area contributed by atoms with Crippen LogP contribution < -0.4 is 10.6 Å². The van der Waals surface area contributed by atoms with Crippen molar-refractivity contribution in [1.82, 2.24) is 9.78 Å². The van der Waals surface area contributed by atoms with Gasteiger partial charge in [0.2, 0.25) is 0 Å². The lowest BCUT2D eigenvalue weighted by Gasteiger charge is -2.20. The number of nitrogens with zero attached hydrogens (tertiary/aromatic N) is 4. The van der Waals surface area contributed by atoms with Gasteiger partial charge in [0.15, 0.2) is 0 Å². The average molecular weight is 436 g/mol. The van der Waals surface area contributed by atoms with E-state index in [-0.39, 0.29) is 10.6 Å². The van der Waals surface area contributed by atoms with Crippen molar-refractivity contribution < 1.29 is 4.92 Å². The van der Waals surface area contributed by atoms with E-state index in [4.69, 9.17) is 5.10 Å². The van der Waals surface area contributed by atoms with Crippen molar-refractivity contribution in [2.75, 3.05) is 10.6 Å². The molecule has 1 aromatic heterocycles. The number of rotatable bonds is 5. The van der Waals surface area contributed by atoms with Gasteiger partial charge in [-0.25, -0.2) is 4.68 Å². The summed E-state index contributed by atoms with van der Waals surface area (Å²) in [5, 5.41) is 32.6. The Morgan fingerprint density at radius 3 is 2.55 bits per heavy atom. The van der Waals surface area contributed by atoms with Crippen molar-refractivity contribution in [3.63, 3.8) is 0 Å². The van der Waals surface area contributed by atoms with E-state index in [0.29, 0.717) is 13.0 Å². The lowest BCUT2D eigenvalue weighted by Crippen LogP contribution is -2.12. The molecule has 8 nitrogen and oxygen atoms in total. The number of anilines is 3. The average Bonchev–Trinajstić information content (AvgIpc) is 3.10. The maximum absolute atomic E-state index is 11.5. The Morgan fingerprint density at radius 2 is 1.79 bits per heavy atom. The first-order valence-electron chi connectivity index (χ1n) is 10.6. The fourth-order valence-electron chi connectivity index (χ4n) is 4.15. The molecule has 1 aliphatic heterocycles. The molecule has 0 radical (unpaired) electrons. The largest absolute Gasteiger partial charge is 0.372 e. The molecule has 0 fully saturated rings. The Balaban J connectivity index is 1.77. The minimum Gasteiger partial charge on any atom is -0.372 e. The topological polar surface area (TPSA) is 109 Å². The number of para-hydroxylation sites is 2. The molecule has 0 saturated carbocycles. The van der Waals surface area contributed by atoms with Crippen LogP contribution >= 0.6 is 0 Å². The van der Waals surface area contributed by atoms with Crippen LogP contribution in [-0.2, 0) is 6.54 Å². The second-order valence-electron chi connectivity index (χ2n) is 7.71. The fraction of sp³-hybridized carbons (Fsp3) is 0.120. The molecule has 33 heavy (non-hydrogen) atoms. The number of nitro benzene ring substituents is 1. The van der Waals surface area contributed by atoms with Gasteiger partial charge in [0.1, 0.15) is 11.5 Å². The number of nitro groups is 1. The number of hydrogen-bond acceptors (Lipinski definition) is 6. The maximum Gasteiger partial charge on any atom is 0.269 e. The summed E-state index contributed by atoms with van der Waals surface area (Å²) in [5.74, 6) is 0.762. The fourth-order valence-corrected chi connectivity index (χ4v) is 4.15. The van der Waals surface area contributed by atoms with Crippen molar-refractivity contribution in [3.05, 3.63) is 100 Å². The first-order valence-corrected chi connectivity index (χ1v) is 10.6. The van der Waals surface area contributed by atoms with Crippen LogP contribution in [0.3, 0.4) is 0 Å². The molecule has 4 aromatic rings. The Hall–Kier alpha value is -4.64. The number of nitriles is 1. The molecule has 0 aliphatic carbocycles. The van der Waals surface area contributed by atoms with E-state index in [1.807, 2.05) is 65.3 Å². The monoisotopic (exact) mass is 436 g/mol. The highest BCUT2D eigenvalue weighted by atomic mass is 16.6. The first-order chi connectivity index (χ1) is 16.2. The van der Waals surface area contributed by atoms with Gasteiger partial charge in [-0.2, -0.15) is 10.4 Å². The highest BCUT2D eigenvalue weighted by molar-refractivity contribution is 5.83. The van der Waals surface area contributed by atoms with Crippen LogP contribution in [0.15, 0.2) is 78.9 Å². The van der Waals surface area contributed by atoms with E-state index >= 15 is 0 Å². The quantitative estimate of drug-likeness (QED) is 0.310. The first kappa shape index (κ1) is 20.3. The van der Waals surface area contributed by atoms with Crippen molar-refractivity contribution in [2.45, 2.75) is 19.0 Å². The van der Waals surface area contributed by atoms with Crippen LogP contribution in [0.25, 0.3) is 11.3 Å². The molecule has 0 spiro atoms. The van der Waals surface area contributed by atoms with Gasteiger partial charge >= 0.3 is 0 Å². The number of non-ortho nitro benzene ring substituents is 1. The second kappa shape index (κ2) is 8.48. The predicted octanol–water partition coefficient (Wildman–Crippen LogP) is 5.63. The zero-order chi connectivity index (χ0) is 22.8. The predicted molar refractivity (Wildman–Crippen MR) is 126 cm³/mol. The van der Waals surface area contributed by atoms with E-state index < -0.39 is 6.04 Å². The molecular formula is C25H20N6O2. The Morgan fingerprint density at radius 1 is 1.03 bits per heavy atom. The van der Waals surface area contributed by atoms with Crippen LogP contribution in [0.1, 0.15) is 23.6 Å². The smallest absolute Gasteiger partial charge is 0.269 e. The summed E-state index contributed by atoms with van der Waals surface area (Å²) in [6.07, 6.45) is 0.306. The Kier molecular flexibility index (Phi) is 5.21. The molecule has 5 rings (SSSR count). The third kappa shape index (κ3) is 3.77. The van der Waals surface area contributed by atoms with E-state index in [1.54, 1.807) is 12.1 Å². The standard InChI is InChI=1S/C25H20N6O2/c26-14-7-15-30-25-22(24(29-30)17-8-2-1-3-9-17)23(18-10-6-11-19(16-18)31(32)33)27-20-12-4-5-13-21(20)28-25/h1-6,8-13,16,23,27-28H,7,15H2. The van der Waals surface area contributed by atoms with Crippen LogP contribution in [0, 0.1) is 21.4 Å². The third-order valence-corrected chi connectivity index (χ3v) is 5.65. The molecule has 1 atom stereocenters. The van der Waals surface area contributed by atoms with Gasteiger partial charge in [0.05, 0.1) is 41.4 Å². The van der Waals surface area contributed by atoms with Crippen LogP contribution in [0.2, 0.25) is 0 Å². The van der Waals surface area contributed by atoms with Gasteiger partial charge in [-0.3, -0.25) is 10.1 Å². The van der Waals surface area contributed by atoms with Crippen LogP contribution in [-0.4, -0.2) is 14.7 Å². The van der Waals surface area contributed by atoms with Crippen molar-refractivity contribution in [1.29, 1.82) is 5.26 Å². The minimum absolute atomic E-state index is 0.0273. The number of hydrogen-bond donors (Lipinski definition) is 2. The van der Waals surface area contributed by atoms with E-state index in [2.05, 4.69) is 16.7 Å². The molecule has 8 heteroatoms. The third-order valence-electron chi connectivity index (χ3n) is 5.65. The Bertz CT molecular complexity index is 1370. The molecule has 2 heterocycles. The van der Waals surface area contributed by atoms with Crippen molar-refractivity contribution in [2.24, 2.45) is 0 Å². The minimum atomic E-state index is -0.401. The highest BCUT2D eigenvalue weighted by Gasteiger charge is 2.31. The zero-order valence-electron chi connectivity index (χ0n) is 17.6. The summed E-state index contributed by atoms with van der Waals surface area (Å²) >= 11 is 0. The molecule has 3 aromatic carbocycles. The molecular weight excluding hydrogens is 416 g/mol. The molecule has 0 amide bonds. The van der Waals surface area contributed by atoms with Crippen molar-refractivity contribution in [3.8, 4) is 17.3 Å². The second-order valence-corrected chi connectivity index (χ2v) is 7.71. The van der Waals surface area contributed by atoms with Gasteiger partial charge in [-0.05, 0) is 17.7 Å². The summed E-state index contributed by atoms with van der Waals surface area (Å²) in [6.45, 7) is 0.419.